The van der Waals surface area contributed by atoms with Gasteiger partial charge in [0.25, 0.3) is 5.56 Å². The van der Waals surface area contributed by atoms with E-state index in [2.05, 4.69) is 42.2 Å². The molecule has 1 unspecified atom stereocenters. The van der Waals surface area contributed by atoms with Gasteiger partial charge in [-0.2, -0.15) is 0 Å². The molecule has 1 aliphatic carbocycles. The molecule has 0 spiro atoms. The summed E-state index contributed by atoms with van der Waals surface area (Å²) in [4.78, 5) is 20.1. The van der Waals surface area contributed by atoms with E-state index in [1.807, 2.05) is 12.1 Å². The molecule has 0 N–H and O–H groups in total. The molecule has 0 fully saturated rings. The topological polar surface area (TPSA) is 34.9 Å². The lowest BCUT2D eigenvalue weighted by Gasteiger charge is -2.17. The molecule has 4 aromatic rings. The van der Waals surface area contributed by atoms with E-state index in [4.69, 9.17) is 0 Å². The Morgan fingerprint density at radius 3 is 2.96 bits per heavy atom. The molecule has 0 radical (unpaired) electrons. The van der Waals surface area contributed by atoms with E-state index in [-0.39, 0.29) is 5.56 Å². The van der Waals surface area contributed by atoms with Gasteiger partial charge in [0.15, 0.2) is 0 Å². The number of benzene rings is 2. The van der Waals surface area contributed by atoms with Crippen molar-refractivity contribution in [2.24, 2.45) is 5.92 Å². The van der Waals surface area contributed by atoms with Crippen LogP contribution in [0.3, 0.4) is 0 Å². The van der Waals surface area contributed by atoms with Gasteiger partial charge < -0.3 is 0 Å². The van der Waals surface area contributed by atoms with E-state index in [9.17, 15) is 4.79 Å². The second-order valence-electron chi connectivity index (χ2n) is 7.35. The Labute approximate surface area is 155 Å². The monoisotopic (exact) mass is 360 g/mol. The normalized spacial score (nSPS) is 16.9. The number of fused-ring (bicyclic) bond motifs is 4. The van der Waals surface area contributed by atoms with Crippen molar-refractivity contribution in [1.82, 2.24) is 9.55 Å². The quantitative estimate of drug-likeness (QED) is 0.515. The van der Waals surface area contributed by atoms with Crippen LogP contribution in [0.5, 0.6) is 0 Å². The Hall–Kier alpha value is -2.46. The maximum absolute atomic E-state index is 13.2. The first kappa shape index (κ1) is 15.8. The number of thiophene rings is 1. The number of aryl methyl sites for hydroxylation is 1. The Bertz CT molecular complexity index is 1180. The summed E-state index contributed by atoms with van der Waals surface area (Å²) in [7, 11) is 0. The average molecular weight is 360 g/mol. The minimum absolute atomic E-state index is 0.106. The van der Waals surface area contributed by atoms with Crippen molar-refractivity contribution in [1.29, 1.82) is 0 Å². The first-order valence-electron chi connectivity index (χ1n) is 9.17. The molecule has 130 valence electrons. The first-order chi connectivity index (χ1) is 12.7. The number of hydrogen-bond donors (Lipinski definition) is 0. The van der Waals surface area contributed by atoms with Crippen LogP contribution in [0, 0.1) is 5.92 Å². The number of rotatable bonds is 2. The number of hydrogen-bond acceptors (Lipinski definition) is 3. The lowest BCUT2D eigenvalue weighted by molar-refractivity contribution is 0.509. The predicted molar refractivity (Wildman–Crippen MR) is 108 cm³/mol. The fourth-order valence-corrected chi connectivity index (χ4v) is 5.43. The summed E-state index contributed by atoms with van der Waals surface area (Å²) in [5, 5.41) is 3.26. The lowest BCUT2D eigenvalue weighted by Crippen LogP contribution is -2.22. The minimum Gasteiger partial charge on any atom is -0.294 e. The van der Waals surface area contributed by atoms with Crippen LogP contribution in [0.15, 0.2) is 53.6 Å². The fraction of sp³-hybridized carbons (Fsp3) is 0.273. The largest absolute Gasteiger partial charge is 0.294 e. The van der Waals surface area contributed by atoms with E-state index in [0.717, 1.165) is 35.0 Å². The molecule has 2 aromatic carbocycles. The van der Waals surface area contributed by atoms with Gasteiger partial charge in [0.1, 0.15) is 4.83 Å². The third-order valence-electron chi connectivity index (χ3n) is 5.50. The van der Waals surface area contributed by atoms with Crippen molar-refractivity contribution in [3.63, 3.8) is 0 Å². The first-order valence-corrected chi connectivity index (χ1v) is 9.98. The summed E-state index contributed by atoms with van der Waals surface area (Å²) in [6, 6.07) is 14.6. The minimum atomic E-state index is 0.106. The Morgan fingerprint density at radius 1 is 1.19 bits per heavy atom. The highest BCUT2D eigenvalue weighted by atomic mass is 32.1. The Morgan fingerprint density at radius 2 is 2.04 bits per heavy atom. The maximum atomic E-state index is 13.2. The molecule has 0 saturated carbocycles. The molecule has 1 aliphatic rings. The molecule has 0 saturated heterocycles. The van der Waals surface area contributed by atoms with Crippen molar-refractivity contribution in [3.05, 3.63) is 75.1 Å². The SMILES string of the molecule is CC1CCc2c(sc3ncn(Cc4cccc5ccccc45)c(=O)c23)C1. The zero-order valence-electron chi connectivity index (χ0n) is 14.7. The van der Waals surface area contributed by atoms with Crippen LogP contribution in [0.4, 0.5) is 0 Å². The van der Waals surface area contributed by atoms with Crippen LogP contribution >= 0.6 is 11.3 Å². The van der Waals surface area contributed by atoms with Gasteiger partial charge in [-0.1, -0.05) is 49.4 Å². The van der Waals surface area contributed by atoms with Crippen molar-refractivity contribution >= 4 is 32.3 Å². The molecular formula is C22H20N2OS. The van der Waals surface area contributed by atoms with Crippen LogP contribution in [-0.4, -0.2) is 9.55 Å². The van der Waals surface area contributed by atoms with Crippen molar-refractivity contribution in [2.75, 3.05) is 0 Å². The van der Waals surface area contributed by atoms with E-state index >= 15 is 0 Å². The Balaban J connectivity index is 1.64. The van der Waals surface area contributed by atoms with Gasteiger partial charge >= 0.3 is 0 Å². The molecule has 0 amide bonds. The highest BCUT2D eigenvalue weighted by Crippen LogP contribution is 2.35. The van der Waals surface area contributed by atoms with Crippen molar-refractivity contribution in [2.45, 2.75) is 32.7 Å². The molecule has 2 heterocycles. The summed E-state index contributed by atoms with van der Waals surface area (Å²) in [6.45, 7) is 2.85. The third-order valence-corrected chi connectivity index (χ3v) is 6.67. The van der Waals surface area contributed by atoms with Gasteiger partial charge in [-0.3, -0.25) is 9.36 Å². The van der Waals surface area contributed by atoms with Gasteiger partial charge in [0, 0.05) is 4.88 Å². The summed E-state index contributed by atoms with van der Waals surface area (Å²) >= 11 is 1.71. The predicted octanol–water partition coefficient (Wildman–Crippen LogP) is 4.78. The smallest absolute Gasteiger partial charge is 0.262 e. The van der Waals surface area contributed by atoms with Crippen molar-refractivity contribution < 1.29 is 0 Å². The second-order valence-corrected chi connectivity index (χ2v) is 8.43. The van der Waals surface area contributed by atoms with Crippen LogP contribution in [0.1, 0.15) is 29.3 Å². The standard InChI is InChI=1S/C22H20N2OS/c1-14-9-10-18-19(11-14)26-21-20(18)22(25)24(13-23-21)12-16-7-4-6-15-5-2-3-8-17(15)16/h2-8,13-14H,9-12H2,1H3. The van der Waals surface area contributed by atoms with E-state index in [1.54, 1.807) is 22.2 Å². The van der Waals surface area contributed by atoms with Gasteiger partial charge in [-0.05, 0) is 47.1 Å². The van der Waals surface area contributed by atoms with Crippen LogP contribution < -0.4 is 5.56 Å². The molecule has 2 aromatic heterocycles. The number of aromatic nitrogens is 2. The summed E-state index contributed by atoms with van der Waals surface area (Å²) in [5.74, 6) is 0.702. The second kappa shape index (κ2) is 6.06. The van der Waals surface area contributed by atoms with E-state index in [1.165, 1.54) is 21.2 Å². The molecule has 0 aliphatic heterocycles. The molecule has 5 rings (SSSR count). The van der Waals surface area contributed by atoms with E-state index < -0.39 is 0 Å². The van der Waals surface area contributed by atoms with Gasteiger partial charge in [0.2, 0.25) is 0 Å². The van der Waals surface area contributed by atoms with Gasteiger partial charge in [0.05, 0.1) is 18.3 Å². The summed E-state index contributed by atoms with van der Waals surface area (Å²) in [6.07, 6.45) is 4.97. The molecule has 1 atom stereocenters. The summed E-state index contributed by atoms with van der Waals surface area (Å²) < 4.78 is 1.77. The van der Waals surface area contributed by atoms with Gasteiger partial charge in [-0.25, -0.2) is 4.98 Å². The zero-order valence-corrected chi connectivity index (χ0v) is 15.6. The van der Waals surface area contributed by atoms with Crippen molar-refractivity contribution in [3.8, 4) is 0 Å². The molecule has 26 heavy (non-hydrogen) atoms. The van der Waals surface area contributed by atoms with Crippen LogP contribution in [0.2, 0.25) is 0 Å². The average Bonchev–Trinajstić information content (AvgIpc) is 3.02. The molecule has 4 heteroatoms. The van der Waals surface area contributed by atoms with Crippen LogP contribution in [0.25, 0.3) is 21.0 Å². The maximum Gasteiger partial charge on any atom is 0.262 e. The lowest BCUT2D eigenvalue weighted by atomic mass is 9.89. The highest BCUT2D eigenvalue weighted by Gasteiger charge is 2.23. The number of nitrogens with zero attached hydrogens (tertiary/aromatic N) is 2. The molecular weight excluding hydrogens is 340 g/mol. The molecule has 3 nitrogen and oxygen atoms in total. The summed E-state index contributed by atoms with van der Waals surface area (Å²) in [5.41, 5.74) is 2.52. The highest BCUT2D eigenvalue weighted by molar-refractivity contribution is 7.18. The molecule has 0 bridgehead atoms. The van der Waals surface area contributed by atoms with Gasteiger partial charge in [-0.15, -0.1) is 11.3 Å². The zero-order chi connectivity index (χ0) is 17.7. The fourth-order valence-electron chi connectivity index (χ4n) is 4.09. The third kappa shape index (κ3) is 2.48. The van der Waals surface area contributed by atoms with E-state index in [0.29, 0.717) is 12.5 Å². The Kier molecular flexibility index (Phi) is 3.68. The van der Waals surface area contributed by atoms with Crippen LogP contribution in [-0.2, 0) is 19.4 Å².